The van der Waals surface area contributed by atoms with Crippen molar-refractivity contribution < 1.29 is 4.79 Å². The monoisotopic (exact) mass is 455 g/mol. The van der Waals surface area contributed by atoms with Gasteiger partial charge in [0.2, 0.25) is 0 Å². The lowest BCUT2D eigenvalue weighted by molar-refractivity contribution is 0.102. The number of hydrogen-bond acceptors (Lipinski definition) is 6. The molecule has 7 heteroatoms. The van der Waals surface area contributed by atoms with Crippen LogP contribution in [0.25, 0.3) is 10.8 Å². The standard InChI is InChI=1S/C26H25N5OS/c32-25(22-10-9-19-8-7-18-4-3-5-21(22)24(18)19)29-26-28-20(17-33-26)16-30-12-14-31(15-13-30)23-6-1-2-11-27-23/h1-6,9-11,17H,7-8,12-16H2,(H,28,29,32). The number of aryl methyl sites for hydroxylation is 2. The third kappa shape index (κ3) is 3.98. The van der Waals surface area contributed by atoms with Crippen LogP contribution in [0.3, 0.4) is 0 Å². The first kappa shape index (κ1) is 20.3. The Hall–Kier alpha value is -3.29. The van der Waals surface area contributed by atoms with E-state index in [9.17, 15) is 4.79 Å². The first-order valence-electron chi connectivity index (χ1n) is 11.4. The van der Waals surface area contributed by atoms with Gasteiger partial charge in [0.05, 0.1) is 5.69 Å². The van der Waals surface area contributed by atoms with Crippen LogP contribution in [0.4, 0.5) is 10.9 Å². The fourth-order valence-corrected chi connectivity index (χ4v) is 5.65. The van der Waals surface area contributed by atoms with E-state index in [4.69, 9.17) is 4.98 Å². The molecule has 1 amide bonds. The molecule has 0 saturated carbocycles. The van der Waals surface area contributed by atoms with Crippen LogP contribution in [0.1, 0.15) is 27.2 Å². The third-order valence-electron chi connectivity index (χ3n) is 6.62. The second-order valence-electron chi connectivity index (χ2n) is 8.66. The zero-order valence-corrected chi connectivity index (χ0v) is 19.1. The first-order chi connectivity index (χ1) is 16.2. The van der Waals surface area contributed by atoms with E-state index in [0.717, 1.165) is 68.0 Å². The molecule has 0 bridgehead atoms. The maximum Gasteiger partial charge on any atom is 0.258 e. The molecule has 6 rings (SSSR count). The lowest BCUT2D eigenvalue weighted by atomic mass is 9.99. The number of aromatic nitrogens is 2. The number of pyridine rings is 1. The van der Waals surface area contributed by atoms with Gasteiger partial charge in [0.25, 0.3) is 5.91 Å². The van der Waals surface area contributed by atoms with Gasteiger partial charge in [-0.1, -0.05) is 30.3 Å². The molecule has 1 saturated heterocycles. The van der Waals surface area contributed by atoms with Crippen molar-refractivity contribution in [3.63, 3.8) is 0 Å². The predicted octanol–water partition coefficient (Wildman–Crippen LogP) is 4.36. The smallest absolute Gasteiger partial charge is 0.258 e. The van der Waals surface area contributed by atoms with Gasteiger partial charge in [0.1, 0.15) is 5.82 Å². The molecule has 0 unspecified atom stereocenters. The minimum Gasteiger partial charge on any atom is -0.354 e. The lowest BCUT2D eigenvalue weighted by Gasteiger charge is -2.35. The zero-order valence-electron chi connectivity index (χ0n) is 18.3. The summed E-state index contributed by atoms with van der Waals surface area (Å²) in [7, 11) is 0. The molecule has 1 aliphatic heterocycles. The van der Waals surface area contributed by atoms with E-state index in [-0.39, 0.29) is 5.91 Å². The molecular weight excluding hydrogens is 430 g/mol. The molecule has 166 valence electrons. The van der Waals surface area contributed by atoms with E-state index in [1.807, 2.05) is 29.8 Å². The minimum atomic E-state index is -0.0875. The van der Waals surface area contributed by atoms with E-state index in [1.54, 1.807) is 0 Å². The third-order valence-corrected chi connectivity index (χ3v) is 7.43. The molecule has 1 aliphatic carbocycles. The Kier molecular flexibility index (Phi) is 5.28. The van der Waals surface area contributed by atoms with Gasteiger partial charge in [-0.25, -0.2) is 9.97 Å². The largest absolute Gasteiger partial charge is 0.354 e. The topological polar surface area (TPSA) is 61.4 Å². The van der Waals surface area contributed by atoms with Crippen molar-refractivity contribution in [3.8, 4) is 0 Å². The highest BCUT2D eigenvalue weighted by molar-refractivity contribution is 7.14. The van der Waals surface area contributed by atoms with Gasteiger partial charge >= 0.3 is 0 Å². The van der Waals surface area contributed by atoms with Crippen LogP contribution < -0.4 is 10.2 Å². The SMILES string of the molecule is O=C(Nc1nc(CN2CCN(c3ccccn3)CC2)cs1)c1ccc2c3c(cccc13)CC2. The van der Waals surface area contributed by atoms with Gasteiger partial charge in [-0.15, -0.1) is 11.3 Å². The van der Waals surface area contributed by atoms with Crippen LogP contribution in [0.15, 0.2) is 60.1 Å². The van der Waals surface area contributed by atoms with Crippen molar-refractivity contribution in [1.82, 2.24) is 14.9 Å². The Bertz CT molecular complexity index is 1300. The van der Waals surface area contributed by atoms with Crippen molar-refractivity contribution in [2.75, 3.05) is 36.4 Å². The van der Waals surface area contributed by atoms with Crippen molar-refractivity contribution in [1.29, 1.82) is 0 Å². The van der Waals surface area contributed by atoms with Crippen molar-refractivity contribution in [3.05, 3.63) is 82.5 Å². The lowest BCUT2D eigenvalue weighted by Crippen LogP contribution is -2.46. The summed E-state index contributed by atoms with van der Waals surface area (Å²) in [5.74, 6) is 0.953. The average Bonchev–Trinajstić information content (AvgIpc) is 3.48. The second kappa shape index (κ2) is 8.57. The fraction of sp³-hybridized carbons (Fsp3) is 0.269. The number of carbonyl (C=O) groups excluding carboxylic acids is 1. The Balaban J connectivity index is 1.10. The molecule has 0 radical (unpaired) electrons. The summed E-state index contributed by atoms with van der Waals surface area (Å²) >= 11 is 1.49. The first-order valence-corrected chi connectivity index (χ1v) is 12.3. The average molecular weight is 456 g/mol. The molecule has 2 aromatic carbocycles. The molecule has 3 heterocycles. The minimum absolute atomic E-state index is 0.0875. The molecule has 0 atom stereocenters. The summed E-state index contributed by atoms with van der Waals surface area (Å²) in [6.45, 7) is 4.64. The van der Waals surface area contributed by atoms with Crippen LogP contribution >= 0.6 is 11.3 Å². The number of piperazine rings is 1. The van der Waals surface area contributed by atoms with Gasteiger partial charge in [0, 0.05) is 49.9 Å². The molecule has 33 heavy (non-hydrogen) atoms. The zero-order chi connectivity index (χ0) is 22.2. The number of thiazole rings is 1. The van der Waals surface area contributed by atoms with E-state index in [1.165, 1.54) is 27.8 Å². The van der Waals surface area contributed by atoms with Crippen LogP contribution in [0, 0.1) is 0 Å². The van der Waals surface area contributed by atoms with E-state index < -0.39 is 0 Å². The predicted molar refractivity (Wildman–Crippen MR) is 133 cm³/mol. The maximum atomic E-state index is 13.1. The summed E-state index contributed by atoms with van der Waals surface area (Å²) < 4.78 is 0. The Labute approximate surface area is 196 Å². The number of anilines is 2. The maximum absolute atomic E-state index is 13.1. The van der Waals surface area contributed by atoms with Crippen molar-refractivity contribution in [2.24, 2.45) is 0 Å². The molecule has 2 aromatic heterocycles. The van der Waals surface area contributed by atoms with Crippen LogP contribution in [0.2, 0.25) is 0 Å². The van der Waals surface area contributed by atoms with Gasteiger partial charge in [-0.05, 0) is 52.9 Å². The molecule has 1 N–H and O–H groups in total. The van der Waals surface area contributed by atoms with Gasteiger partial charge in [-0.3, -0.25) is 15.0 Å². The number of amides is 1. The highest BCUT2D eigenvalue weighted by Gasteiger charge is 2.21. The number of carbonyl (C=O) groups is 1. The van der Waals surface area contributed by atoms with Crippen LogP contribution in [-0.4, -0.2) is 47.0 Å². The number of hydrogen-bond donors (Lipinski definition) is 1. The number of nitrogens with one attached hydrogen (secondary N) is 1. The summed E-state index contributed by atoms with van der Waals surface area (Å²) in [5, 5.41) is 8.04. The normalized spacial score (nSPS) is 15.8. The second-order valence-corrected chi connectivity index (χ2v) is 9.52. The molecule has 1 fully saturated rings. The highest BCUT2D eigenvalue weighted by atomic mass is 32.1. The quantitative estimate of drug-likeness (QED) is 0.484. The molecule has 0 spiro atoms. The summed E-state index contributed by atoms with van der Waals surface area (Å²) in [6, 6.07) is 16.4. The van der Waals surface area contributed by atoms with E-state index in [0.29, 0.717) is 5.13 Å². The molecule has 4 aromatic rings. The van der Waals surface area contributed by atoms with Crippen molar-refractivity contribution in [2.45, 2.75) is 19.4 Å². The van der Waals surface area contributed by atoms with Crippen LogP contribution in [0.5, 0.6) is 0 Å². The summed E-state index contributed by atoms with van der Waals surface area (Å²) in [4.78, 5) is 27.0. The number of nitrogens with zero attached hydrogens (tertiary/aromatic N) is 4. The highest BCUT2D eigenvalue weighted by Crippen LogP contribution is 2.33. The molecule has 6 nitrogen and oxygen atoms in total. The fourth-order valence-electron chi connectivity index (χ4n) is 4.95. The molecule has 2 aliphatic rings. The van der Waals surface area contributed by atoms with Crippen molar-refractivity contribution >= 4 is 39.0 Å². The van der Waals surface area contributed by atoms with Gasteiger partial charge in [-0.2, -0.15) is 0 Å². The Morgan fingerprint density at radius 1 is 0.970 bits per heavy atom. The van der Waals surface area contributed by atoms with Crippen LogP contribution in [-0.2, 0) is 19.4 Å². The summed E-state index contributed by atoms with van der Waals surface area (Å²) in [6.07, 6.45) is 3.96. The van der Waals surface area contributed by atoms with E-state index in [2.05, 4.69) is 50.4 Å². The number of rotatable bonds is 5. The number of benzene rings is 2. The van der Waals surface area contributed by atoms with Gasteiger partial charge in [0.15, 0.2) is 5.13 Å². The Morgan fingerprint density at radius 2 is 1.82 bits per heavy atom. The van der Waals surface area contributed by atoms with E-state index >= 15 is 0 Å². The molecular formula is C26H25N5OS. The van der Waals surface area contributed by atoms with Gasteiger partial charge < -0.3 is 4.90 Å². The summed E-state index contributed by atoms with van der Waals surface area (Å²) in [5.41, 5.74) is 4.41. The Morgan fingerprint density at radius 3 is 2.64 bits per heavy atom.